The maximum atomic E-state index is 13.0. The molecule has 0 spiro atoms. The number of rotatable bonds is 8. The molecule has 1 amide bonds. The van der Waals surface area contributed by atoms with Crippen LogP contribution in [-0.4, -0.2) is 86.1 Å². The molecule has 192 valence electrons. The number of methoxy groups -OCH3 is 1. The minimum Gasteiger partial charge on any atom is -0.508 e. The molecule has 2 aromatic carbocycles. The second-order valence-corrected chi connectivity index (χ2v) is 10.4. The molecule has 2 aliphatic heterocycles. The molecule has 11 heteroatoms. The number of aliphatic hydroxyl groups is 1. The summed E-state index contributed by atoms with van der Waals surface area (Å²) >= 11 is 0. The number of carbonyl (C=O) groups is 2. The first-order valence-corrected chi connectivity index (χ1v) is 12.9. The van der Waals surface area contributed by atoms with E-state index < -0.39 is 33.5 Å². The van der Waals surface area contributed by atoms with E-state index in [1.54, 1.807) is 12.1 Å². The summed E-state index contributed by atoms with van der Waals surface area (Å²) in [4.78, 5) is 27.3. The maximum Gasteiger partial charge on any atom is 0.295 e. The van der Waals surface area contributed by atoms with Crippen molar-refractivity contribution in [3.8, 4) is 5.75 Å². The van der Waals surface area contributed by atoms with Crippen LogP contribution in [0.1, 0.15) is 23.6 Å². The number of hydrogen-bond donors (Lipinski definition) is 2. The van der Waals surface area contributed by atoms with Gasteiger partial charge in [0.05, 0.1) is 29.7 Å². The van der Waals surface area contributed by atoms with Crippen molar-refractivity contribution in [1.82, 2.24) is 9.21 Å². The number of ketones is 1. The van der Waals surface area contributed by atoms with Gasteiger partial charge in [0.2, 0.25) is 10.0 Å². The average molecular weight is 517 g/mol. The molecular weight excluding hydrogens is 488 g/mol. The molecule has 10 nitrogen and oxygen atoms in total. The van der Waals surface area contributed by atoms with E-state index in [2.05, 4.69) is 0 Å². The van der Waals surface area contributed by atoms with Gasteiger partial charge >= 0.3 is 0 Å². The first-order valence-electron chi connectivity index (χ1n) is 11.5. The smallest absolute Gasteiger partial charge is 0.295 e. The van der Waals surface area contributed by atoms with Crippen molar-refractivity contribution >= 4 is 27.5 Å². The van der Waals surface area contributed by atoms with Gasteiger partial charge in [0.1, 0.15) is 11.5 Å². The number of ether oxygens (including phenoxy) is 2. The van der Waals surface area contributed by atoms with Crippen LogP contribution in [0.2, 0.25) is 0 Å². The fourth-order valence-corrected chi connectivity index (χ4v) is 5.82. The van der Waals surface area contributed by atoms with Gasteiger partial charge < -0.3 is 24.6 Å². The van der Waals surface area contributed by atoms with Crippen LogP contribution in [0.5, 0.6) is 5.75 Å². The standard InChI is InChI=1S/C25H28N2O8S/c1-34-13-3-10-27-22(18-4-2-5-19(28)16-18)21(24(30)25(27)31)23(29)17-6-8-20(9-7-17)36(32,33)26-11-14-35-15-12-26/h2,4-9,16,22,28-29H,3,10-15H2,1H3. The van der Waals surface area contributed by atoms with Crippen molar-refractivity contribution in [2.75, 3.05) is 46.6 Å². The van der Waals surface area contributed by atoms with Gasteiger partial charge in [0.25, 0.3) is 11.7 Å². The molecule has 0 aliphatic carbocycles. The number of sulfonamides is 1. The molecule has 4 rings (SSSR count). The van der Waals surface area contributed by atoms with Gasteiger partial charge in [0, 0.05) is 38.9 Å². The SMILES string of the molecule is COCCCN1C(=O)C(=O)C(=C(O)c2ccc(S(=O)(=O)N3CCOCC3)cc2)C1c1cccc(O)c1. The Kier molecular flexibility index (Phi) is 7.74. The monoisotopic (exact) mass is 516 g/mol. The minimum atomic E-state index is -3.74. The van der Waals surface area contributed by atoms with Crippen LogP contribution >= 0.6 is 0 Å². The van der Waals surface area contributed by atoms with Crippen LogP contribution in [-0.2, 0) is 29.1 Å². The second kappa shape index (κ2) is 10.8. The van der Waals surface area contributed by atoms with Gasteiger partial charge in [-0.05, 0) is 48.4 Å². The number of benzene rings is 2. The summed E-state index contributed by atoms with van der Waals surface area (Å²) in [6.07, 6.45) is 0.465. The van der Waals surface area contributed by atoms with Crippen LogP contribution in [0.3, 0.4) is 0 Å². The zero-order valence-electron chi connectivity index (χ0n) is 19.8. The molecule has 2 fully saturated rings. The fourth-order valence-electron chi connectivity index (χ4n) is 4.41. The summed E-state index contributed by atoms with van der Waals surface area (Å²) in [5.74, 6) is -2.10. The summed E-state index contributed by atoms with van der Waals surface area (Å²) in [5, 5.41) is 21.2. The topological polar surface area (TPSA) is 134 Å². The number of amides is 1. The van der Waals surface area contributed by atoms with E-state index in [4.69, 9.17) is 9.47 Å². The van der Waals surface area contributed by atoms with Crippen molar-refractivity contribution in [3.05, 3.63) is 65.2 Å². The highest BCUT2D eigenvalue weighted by molar-refractivity contribution is 7.89. The quantitative estimate of drug-likeness (QED) is 0.235. The van der Waals surface area contributed by atoms with Crippen LogP contribution in [0.15, 0.2) is 59.0 Å². The summed E-state index contributed by atoms with van der Waals surface area (Å²) < 4.78 is 37.4. The number of Topliss-reactive ketones (excluding diaryl/α,β-unsaturated/α-hetero) is 1. The van der Waals surface area contributed by atoms with Gasteiger partial charge in [-0.2, -0.15) is 4.31 Å². The molecule has 1 unspecified atom stereocenters. The average Bonchev–Trinajstić information content (AvgIpc) is 3.14. The van der Waals surface area contributed by atoms with Crippen molar-refractivity contribution in [1.29, 1.82) is 0 Å². The number of hydrogen-bond acceptors (Lipinski definition) is 8. The van der Waals surface area contributed by atoms with Gasteiger partial charge in [-0.15, -0.1) is 0 Å². The number of nitrogens with zero attached hydrogens (tertiary/aromatic N) is 2. The van der Waals surface area contributed by atoms with Crippen molar-refractivity contribution < 1.29 is 37.7 Å². The Balaban J connectivity index is 1.72. The lowest BCUT2D eigenvalue weighted by atomic mass is 9.95. The normalized spacial score (nSPS) is 20.7. The zero-order chi connectivity index (χ0) is 25.9. The Morgan fingerprint density at radius 2 is 1.81 bits per heavy atom. The lowest BCUT2D eigenvalue weighted by Crippen LogP contribution is -2.40. The van der Waals surface area contributed by atoms with Gasteiger partial charge in [-0.1, -0.05) is 12.1 Å². The first-order chi connectivity index (χ1) is 17.3. The van der Waals surface area contributed by atoms with Crippen LogP contribution < -0.4 is 0 Å². The van der Waals surface area contributed by atoms with Crippen LogP contribution in [0.4, 0.5) is 0 Å². The number of aliphatic hydroxyl groups excluding tert-OH is 1. The Morgan fingerprint density at radius 3 is 2.44 bits per heavy atom. The molecule has 1 atom stereocenters. The molecule has 2 N–H and O–H groups in total. The van der Waals surface area contributed by atoms with E-state index >= 15 is 0 Å². The molecule has 36 heavy (non-hydrogen) atoms. The third kappa shape index (κ3) is 5.00. The Bertz CT molecular complexity index is 1270. The molecule has 0 aromatic heterocycles. The summed E-state index contributed by atoms with van der Waals surface area (Å²) in [6.45, 7) is 1.71. The number of phenols is 1. The van der Waals surface area contributed by atoms with Gasteiger partial charge in [-0.3, -0.25) is 9.59 Å². The van der Waals surface area contributed by atoms with Crippen LogP contribution in [0.25, 0.3) is 5.76 Å². The fraction of sp³-hybridized carbons (Fsp3) is 0.360. The largest absolute Gasteiger partial charge is 0.508 e. The number of likely N-dealkylation sites (tertiary alicyclic amines) is 1. The van der Waals surface area contributed by atoms with Crippen LogP contribution in [0, 0.1) is 0 Å². The number of phenolic OH excluding ortho intramolecular Hbond substituents is 1. The highest BCUT2D eigenvalue weighted by Crippen LogP contribution is 2.40. The minimum absolute atomic E-state index is 0.0468. The lowest BCUT2D eigenvalue weighted by molar-refractivity contribution is -0.140. The molecule has 0 saturated carbocycles. The van der Waals surface area contributed by atoms with Crippen molar-refractivity contribution in [2.24, 2.45) is 0 Å². The lowest BCUT2D eigenvalue weighted by Gasteiger charge is -2.26. The van der Waals surface area contributed by atoms with E-state index in [0.717, 1.165) is 0 Å². The van der Waals surface area contributed by atoms with E-state index in [9.17, 15) is 28.2 Å². The molecule has 0 bridgehead atoms. The third-order valence-electron chi connectivity index (χ3n) is 6.21. The van der Waals surface area contributed by atoms with E-state index in [-0.39, 0.29) is 41.4 Å². The van der Waals surface area contributed by atoms with E-state index in [1.807, 2.05) is 0 Å². The third-order valence-corrected chi connectivity index (χ3v) is 8.12. The predicted molar refractivity (Wildman–Crippen MR) is 130 cm³/mol. The van der Waals surface area contributed by atoms with E-state index in [0.29, 0.717) is 31.8 Å². The molecule has 0 radical (unpaired) electrons. The first kappa shape index (κ1) is 25.8. The summed E-state index contributed by atoms with van der Waals surface area (Å²) in [5.41, 5.74) is 0.516. The highest BCUT2D eigenvalue weighted by atomic mass is 32.2. The molecular formula is C25H28N2O8S. The zero-order valence-corrected chi connectivity index (χ0v) is 20.6. The number of aromatic hydroxyl groups is 1. The Labute approximate surface area is 209 Å². The summed E-state index contributed by atoms with van der Waals surface area (Å²) in [6, 6.07) is 10.7. The highest BCUT2D eigenvalue weighted by Gasteiger charge is 2.46. The van der Waals surface area contributed by atoms with Crippen molar-refractivity contribution in [3.63, 3.8) is 0 Å². The maximum absolute atomic E-state index is 13.0. The molecule has 2 aliphatic rings. The van der Waals surface area contributed by atoms with E-state index in [1.165, 1.54) is 52.7 Å². The number of morpholine rings is 1. The predicted octanol–water partition coefficient (Wildman–Crippen LogP) is 1.87. The second-order valence-electron chi connectivity index (χ2n) is 8.47. The number of carbonyl (C=O) groups excluding carboxylic acids is 2. The molecule has 2 saturated heterocycles. The summed E-state index contributed by atoms with van der Waals surface area (Å²) in [7, 11) is -2.20. The van der Waals surface area contributed by atoms with Crippen molar-refractivity contribution in [2.45, 2.75) is 17.4 Å². The van der Waals surface area contributed by atoms with Gasteiger partial charge in [-0.25, -0.2) is 8.42 Å². The van der Waals surface area contributed by atoms with Gasteiger partial charge in [0.15, 0.2) is 0 Å². The molecule has 2 aromatic rings. The Morgan fingerprint density at radius 1 is 1.11 bits per heavy atom. The molecule has 2 heterocycles. The Hall–Kier alpha value is -3.25.